The number of anilines is 3. The Kier molecular flexibility index (Phi) is 7.94. The van der Waals surface area contributed by atoms with E-state index < -0.39 is 5.41 Å². The van der Waals surface area contributed by atoms with Gasteiger partial charge < -0.3 is 9.32 Å². The standard InChI is InChI=1S/C56H36N2OS/c1-2-12-40(13-3-1)56(49-17-7-4-14-45(49)46-15-5-8-18-50(46)56)41-28-32-43(33-29-41)58(44-34-35-48-47-16-6-11-21-53(47)60-54(48)36-44)42-30-26-38(27-31-42)37-22-24-39(25-23-37)55-57-51-19-9-10-20-52(51)59-55/h1-36H. The fraction of sp³-hybridized carbons (Fsp3) is 0.0179. The summed E-state index contributed by atoms with van der Waals surface area (Å²) in [5.74, 6) is 0.631. The summed E-state index contributed by atoms with van der Waals surface area (Å²) in [6.45, 7) is 0. The first-order valence-corrected chi connectivity index (χ1v) is 21.2. The molecule has 3 nitrogen and oxygen atoms in total. The number of nitrogens with zero attached hydrogens (tertiary/aromatic N) is 2. The van der Waals surface area contributed by atoms with Gasteiger partial charge in [-0.15, -0.1) is 11.3 Å². The van der Waals surface area contributed by atoms with Crippen molar-refractivity contribution < 1.29 is 4.42 Å². The second-order valence-corrected chi connectivity index (χ2v) is 16.6. The van der Waals surface area contributed by atoms with Crippen LogP contribution in [0.15, 0.2) is 223 Å². The maximum atomic E-state index is 6.05. The minimum atomic E-state index is -0.453. The van der Waals surface area contributed by atoms with E-state index in [4.69, 9.17) is 9.40 Å². The van der Waals surface area contributed by atoms with Gasteiger partial charge in [0.2, 0.25) is 5.89 Å². The summed E-state index contributed by atoms with van der Waals surface area (Å²) in [7, 11) is 0. The molecule has 0 radical (unpaired) electrons. The van der Waals surface area contributed by atoms with Crippen molar-refractivity contribution in [2.45, 2.75) is 5.41 Å². The lowest BCUT2D eigenvalue weighted by Gasteiger charge is -2.34. The van der Waals surface area contributed by atoms with Crippen LogP contribution in [-0.2, 0) is 5.41 Å². The molecule has 60 heavy (non-hydrogen) atoms. The molecule has 4 heteroatoms. The predicted molar refractivity (Wildman–Crippen MR) is 250 cm³/mol. The molecule has 282 valence electrons. The number of benzene rings is 9. The van der Waals surface area contributed by atoms with Crippen LogP contribution in [0.25, 0.3) is 65.0 Å². The van der Waals surface area contributed by atoms with E-state index in [0.29, 0.717) is 5.89 Å². The third-order valence-corrected chi connectivity index (χ3v) is 13.4. The first-order valence-electron chi connectivity index (χ1n) is 20.4. The van der Waals surface area contributed by atoms with Gasteiger partial charge in [-0.2, -0.15) is 0 Å². The Morgan fingerprint density at radius 1 is 0.417 bits per heavy atom. The Morgan fingerprint density at radius 3 is 1.67 bits per heavy atom. The van der Waals surface area contributed by atoms with Gasteiger partial charge in [-0.25, -0.2) is 4.98 Å². The molecule has 2 heterocycles. The molecule has 0 atom stereocenters. The van der Waals surface area contributed by atoms with Crippen LogP contribution in [0.3, 0.4) is 0 Å². The van der Waals surface area contributed by atoms with E-state index in [-0.39, 0.29) is 0 Å². The zero-order chi connectivity index (χ0) is 39.6. The first kappa shape index (κ1) is 34.5. The molecular weight excluding hydrogens is 749 g/mol. The molecule has 0 spiro atoms. The Labute approximate surface area is 352 Å². The molecule has 0 aliphatic heterocycles. The zero-order valence-electron chi connectivity index (χ0n) is 32.5. The molecule has 0 N–H and O–H groups in total. The average molecular weight is 785 g/mol. The summed E-state index contributed by atoms with van der Waals surface area (Å²) in [6, 6.07) is 79.0. The van der Waals surface area contributed by atoms with Crippen molar-refractivity contribution in [2.75, 3.05) is 4.90 Å². The van der Waals surface area contributed by atoms with E-state index in [1.165, 1.54) is 53.6 Å². The summed E-state index contributed by atoms with van der Waals surface area (Å²) >= 11 is 1.85. The summed E-state index contributed by atoms with van der Waals surface area (Å²) in [5.41, 5.74) is 15.4. The maximum Gasteiger partial charge on any atom is 0.227 e. The summed E-state index contributed by atoms with van der Waals surface area (Å²) < 4.78 is 8.62. The van der Waals surface area contributed by atoms with Crippen LogP contribution in [-0.4, -0.2) is 4.98 Å². The molecule has 0 saturated carbocycles. The van der Waals surface area contributed by atoms with E-state index in [1.807, 2.05) is 35.6 Å². The van der Waals surface area contributed by atoms with Crippen molar-refractivity contribution in [1.82, 2.24) is 4.98 Å². The topological polar surface area (TPSA) is 29.3 Å². The van der Waals surface area contributed by atoms with Crippen molar-refractivity contribution in [3.63, 3.8) is 0 Å². The van der Waals surface area contributed by atoms with Crippen LogP contribution < -0.4 is 4.90 Å². The molecule has 0 fully saturated rings. The minimum Gasteiger partial charge on any atom is -0.436 e. The Hall–Kier alpha value is -7.53. The molecule has 11 aromatic rings. The molecule has 9 aromatic carbocycles. The average Bonchev–Trinajstić information content (AvgIpc) is 4.01. The normalized spacial score (nSPS) is 12.8. The lowest BCUT2D eigenvalue weighted by Crippen LogP contribution is -2.28. The zero-order valence-corrected chi connectivity index (χ0v) is 33.3. The summed E-state index contributed by atoms with van der Waals surface area (Å²) in [5, 5.41) is 2.59. The lowest BCUT2D eigenvalue weighted by molar-refractivity contribution is 0.620. The third kappa shape index (κ3) is 5.38. The van der Waals surface area contributed by atoms with Crippen molar-refractivity contribution in [3.05, 3.63) is 241 Å². The van der Waals surface area contributed by atoms with E-state index in [0.717, 1.165) is 44.9 Å². The fourth-order valence-corrected chi connectivity index (χ4v) is 10.6. The number of fused-ring (bicyclic) bond motifs is 7. The van der Waals surface area contributed by atoms with Crippen molar-refractivity contribution in [3.8, 4) is 33.7 Å². The highest BCUT2D eigenvalue weighted by Gasteiger charge is 2.45. The Balaban J connectivity index is 0.963. The molecule has 2 aromatic heterocycles. The molecule has 1 aliphatic rings. The summed E-state index contributed by atoms with van der Waals surface area (Å²) in [4.78, 5) is 7.09. The fourth-order valence-electron chi connectivity index (χ4n) is 9.48. The molecule has 1 aliphatic carbocycles. The van der Waals surface area contributed by atoms with Crippen LogP contribution in [0.5, 0.6) is 0 Å². The third-order valence-electron chi connectivity index (χ3n) is 12.2. The highest BCUT2D eigenvalue weighted by Crippen LogP contribution is 2.56. The van der Waals surface area contributed by atoms with E-state index in [9.17, 15) is 0 Å². The highest BCUT2D eigenvalue weighted by atomic mass is 32.1. The highest BCUT2D eigenvalue weighted by molar-refractivity contribution is 7.25. The molecule has 0 saturated heterocycles. The van der Waals surface area contributed by atoms with Gasteiger partial charge in [0.25, 0.3) is 0 Å². The number of thiophene rings is 1. The molecule has 0 amide bonds. The van der Waals surface area contributed by atoms with Gasteiger partial charge >= 0.3 is 0 Å². The van der Waals surface area contributed by atoms with Crippen molar-refractivity contribution in [2.24, 2.45) is 0 Å². The number of aromatic nitrogens is 1. The predicted octanol–water partition coefficient (Wildman–Crippen LogP) is 15.4. The van der Waals surface area contributed by atoms with Crippen LogP contribution >= 0.6 is 11.3 Å². The van der Waals surface area contributed by atoms with Gasteiger partial charge in [0.15, 0.2) is 5.58 Å². The molecular formula is C56H36N2OS. The van der Waals surface area contributed by atoms with Gasteiger partial charge in [-0.3, -0.25) is 0 Å². The van der Waals surface area contributed by atoms with Crippen LogP contribution in [0.4, 0.5) is 17.1 Å². The van der Waals surface area contributed by atoms with Gasteiger partial charge in [-0.05, 0) is 111 Å². The van der Waals surface area contributed by atoms with Crippen molar-refractivity contribution in [1.29, 1.82) is 0 Å². The van der Waals surface area contributed by atoms with Gasteiger partial charge in [0, 0.05) is 42.8 Å². The Morgan fingerprint density at radius 2 is 0.950 bits per heavy atom. The van der Waals surface area contributed by atoms with E-state index in [2.05, 4.69) is 199 Å². The van der Waals surface area contributed by atoms with Crippen LogP contribution in [0.2, 0.25) is 0 Å². The number of hydrogen-bond acceptors (Lipinski definition) is 4. The van der Waals surface area contributed by atoms with Crippen molar-refractivity contribution >= 4 is 59.7 Å². The second-order valence-electron chi connectivity index (χ2n) is 15.5. The number of para-hydroxylation sites is 2. The lowest BCUT2D eigenvalue weighted by atomic mass is 9.68. The van der Waals surface area contributed by atoms with Crippen LogP contribution in [0.1, 0.15) is 22.3 Å². The van der Waals surface area contributed by atoms with Crippen LogP contribution in [0, 0.1) is 0 Å². The number of rotatable bonds is 7. The molecule has 0 bridgehead atoms. The van der Waals surface area contributed by atoms with E-state index in [1.54, 1.807) is 0 Å². The first-order chi connectivity index (χ1) is 29.7. The van der Waals surface area contributed by atoms with Gasteiger partial charge in [0.05, 0.1) is 5.41 Å². The number of oxazole rings is 1. The monoisotopic (exact) mass is 784 g/mol. The van der Waals surface area contributed by atoms with Gasteiger partial charge in [0.1, 0.15) is 5.52 Å². The molecule has 0 unspecified atom stereocenters. The Bertz CT molecular complexity index is 3280. The quantitative estimate of drug-likeness (QED) is 0.161. The number of hydrogen-bond donors (Lipinski definition) is 0. The summed E-state index contributed by atoms with van der Waals surface area (Å²) in [6.07, 6.45) is 0. The van der Waals surface area contributed by atoms with Gasteiger partial charge in [-0.1, -0.05) is 152 Å². The largest absolute Gasteiger partial charge is 0.436 e. The second kappa shape index (κ2) is 13.8. The maximum absolute atomic E-state index is 6.05. The molecule has 12 rings (SSSR count). The van der Waals surface area contributed by atoms with E-state index >= 15 is 0 Å². The smallest absolute Gasteiger partial charge is 0.227 e. The minimum absolute atomic E-state index is 0.453. The SMILES string of the molecule is c1ccc(C2(c3ccc(N(c4ccc(-c5ccc(-c6nc7ccccc7o6)cc5)cc4)c4ccc5c(c4)sc4ccccc45)cc3)c3ccccc3-c3ccccc32)cc1.